The summed E-state index contributed by atoms with van der Waals surface area (Å²) in [6.07, 6.45) is 4.56. The first kappa shape index (κ1) is 21.1. The molecular formula is C26H30FN3O2. The number of benzene rings is 2. The summed E-state index contributed by atoms with van der Waals surface area (Å²) >= 11 is 0. The highest BCUT2D eigenvalue weighted by Crippen LogP contribution is 2.42. The molecule has 3 fully saturated rings. The molecule has 5 rings (SSSR count). The second-order valence-electron chi connectivity index (χ2n) is 9.49. The minimum Gasteiger partial charge on any atom is -0.348 e. The van der Waals surface area contributed by atoms with Crippen molar-refractivity contribution < 1.29 is 14.0 Å². The van der Waals surface area contributed by atoms with Crippen LogP contribution in [0.25, 0.3) is 0 Å². The van der Waals surface area contributed by atoms with Crippen molar-refractivity contribution in [2.45, 2.75) is 50.1 Å². The summed E-state index contributed by atoms with van der Waals surface area (Å²) in [6, 6.07) is 14.4. The van der Waals surface area contributed by atoms with E-state index in [2.05, 4.69) is 16.3 Å². The van der Waals surface area contributed by atoms with Gasteiger partial charge in [0, 0.05) is 37.5 Å². The fourth-order valence-corrected chi connectivity index (χ4v) is 5.75. The molecule has 2 aromatic carbocycles. The van der Waals surface area contributed by atoms with Gasteiger partial charge in [0.1, 0.15) is 5.82 Å². The van der Waals surface area contributed by atoms with Gasteiger partial charge in [-0.1, -0.05) is 30.3 Å². The minimum atomic E-state index is -0.493. The van der Waals surface area contributed by atoms with Gasteiger partial charge in [0.05, 0.1) is 5.54 Å². The first-order valence-electron chi connectivity index (χ1n) is 11.7. The van der Waals surface area contributed by atoms with Crippen molar-refractivity contribution in [2.24, 2.45) is 0 Å². The van der Waals surface area contributed by atoms with E-state index in [1.807, 2.05) is 23.1 Å². The molecule has 2 amide bonds. The zero-order valence-corrected chi connectivity index (χ0v) is 18.4. The van der Waals surface area contributed by atoms with E-state index in [1.165, 1.54) is 25.0 Å². The number of nitrogens with zero attached hydrogens (tertiary/aromatic N) is 2. The van der Waals surface area contributed by atoms with E-state index in [0.29, 0.717) is 19.5 Å². The smallest absolute Gasteiger partial charge is 0.254 e. The molecule has 6 heteroatoms. The maximum atomic E-state index is 13.7. The molecule has 3 aliphatic heterocycles. The molecular weight excluding hydrogens is 405 g/mol. The fraction of sp³-hybridized carbons (Fsp3) is 0.462. The molecule has 0 aromatic heterocycles. The van der Waals surface area contributed by atoms with Crippen LogP contribution in [0.15, 0.2) is 48.5 Å². The Bertz CT molecular complexity index is 1000. The van der Waals surface area contributed by atoms with Gasteiger partial charge in [-0.3, -0.25) is 14.5 Å². The van der Waals surface area contributed by atoms with Gasteiger partial charge in [0.15, 0.2) is 0 Å². The van der Waals surface area contributed by atoms with E-state index >= 15 is 0 Å². The number of nitrogens with one attached hydrogen (secondary N) is 1. The Hall–Kier alpha value is -2.73. The Morgan fingerprint density at radius 1 is 1.06 bits per heavy atom. The summed E-state index contributed by atoms with van der Waals surface area (Å²) in [7, 11) is 0. The van der Waals surface area contributed by atoms with Gasteiger partial charge < -0.3 is 10.2 Å². The summed E-state index contributed by atoms with van der Waals surface area (Å²) in [6.45, 7) is 3.95. The molecule has 0 radical (unpaired) electrons. The number of rotatable bonds is 4. The molecule has 168 valence electrons. The molecule has 3 heterocycles. The van der Waals surface area contributed by atoms with Crippen molar-refractivity contribution in [1.82, 2.24) is 15.1 Å². The Kier molecular flexibility index (Phi) is 5.72. The molecule has 3 saturated heterocycles. The molecule has 2 aromatic rings. The molecule has 2 atom stereocenters. The predicted molar refractivity (Wildman–Crippen MR) is 121 cm³/mol. The largest absolute Gasteiger partial charge is 0.348 e. The molecule has 32 heavy (non-hydrogen) atoms. The Balaban J connectivity index is 1.43. The highest BCUT2D eigenvalue weighted by Gasteiger charge is 2.50. The van der Waals surface area contributed by atoms with Gasteiger partial charge in [-0.15, -0.1) is 0 Å². The van der Waals surface area contributed by atoms with Gasteiger partial charge in [-0.2, -0.15) is 0 Å². The molecule has 5 nitrogen and oxygen atoms in total. The highest BCUT2D eigenvalue weighted by molar-refractivity contribution is 5.96. The van der Waals surface area contributed by atoms with Crippen molar-refractivity contribution in [2.75, 3.05) is 26.2 Å². The summed E-state index contributed by atoms with van der Waals surface area (Å²) < 4.78 is 13.6. The van der Waals surface area contributed by atoms with Crippen LogP contribution in [0.1, 0.15) is 59.5 Å². The molecule has 1 spiro atoms. The Morgan fingerprint density at radius 3 is 2.56 bits per heavy atom. The monoisotopic (exact) mass is 435 g/mol. The lowest BCUT2D eigenvalue weighted by Crippen LogP contribution is -2.56. The summed E-state index contributed by atoms with van der Waals surface area (Å²) in [5, 5.41) is 3.23. The number of piperidine rings is 1. The Morgan fingerprint density at radius 2 is 1.81 bits per heavy atom. The number of amides is 2. The number of halogens is 1. The van der Waals surface area contributed by atoms with Crippen LogP contribution in [0.5, 0.6) is 0 Å². The minimum absolute atomic E-state index is 0.0172. The van der Waals surface area contributed by atoms with E-state index in [0.717, 1.165) is 49.2 Å². The number of hydrogen-bond acceptors (Lipinski definition) is 3. The number of hydrogen-bond donors (Lipinski definition) is 1. The average Bonchev–Trinajstić information content (AvgIpc) is 3.42. The van der Waals surface area contributed by atoms with Gasteiger partial charge in [0.25, 0.3) is 5.91 Å². The van der Waals surface area contributed by atoms with Crippen LogP contribution < -0.4 is 5.32 Å². The van der Waals surface area contributed by atoms with E-state index in [1.54, 1.807) is 12.1 Å². The zero-order valence-electron chi connectivity index (χ0n) is 18.4. The third-order valence-corrected chi connectivity index (χ3v) is 7.36. The van der Waals surface area contributed by atoms with E-state index in [-0.39, 0.29) is 23.5 Å². The quantitative estimate of drug-likeness (QED) is 0.797. The lowest BCUT2D eigenvalue weighted by Gasteiger charge is -2.39. The normalized spacial score (nSPS) is 26.0. The van der Waals surface area contributed by atoms with Crippen molar-refractivity contribution in [1.29, 1.82) is 0 Å². The fourth-order valence-electron chi connectivity index (χ4n) is 5.75. The first-order chi connectivity index (χ1) is 15.5. The zero-order chi connectivity index (χ0) is 22.1. The van der Waals surface area contributed by atoms with Crippen molar-refractivity contribution in [3.8, 4) is 0 Å². The molecule has 3 aliphatic rings. The van der Waals surface area contributed by atoms with Crippen LogP contribution in [-0.4, -0.2) is 53.3 Å². The van der Waals surface area contributed by atoms with Crippen LogP contribution >= 0.6 is 0 Å². The maximum absolute atomic E-state index is 13.7. The van der Waals surface area contributed by atoms with Gasteiger partial charge in [-0.05, 0) is 68.1 Å². The van der Waals surface area contributed by atoms with E-state index in [9.17, 15) is 14.0 Å². The molecule has 0 aliphatic carbocycles. The highest BCUT2D eigenvalue weighted by atomic mass is 19.1. The van der Waals surface area contributed by atoms with Crippen molar-refractivity contribution in [3.05, 3.63) is 71.0 Å². The van der Waals surface area contributed by atoms with Crippen LogP contribution in [0, 0.1) is 5.82 Å². The third-order valence-electron chi connectivity index (χ3n) is 7.36. The standard InChI is InChI=1S/C26H30FN3O2/c27-21-11-9-19(10-12-21)23-17-30(18-26(23)13-5-8-24(31)28-26)25(32)22-7-2-1-6-20(22)16-29-14-3-4-15-29/h1-2,6-7,9-12,23H,3-5,8,13-18H2,(H,28,31)/t23-,26+/m0/s1. The molecule has 0 saturated carbocycles. The third kappa shape index (κ3) is 4.04. The van der Waals surface area contributed by atoms with Crippen LogP contribution in [0.3, 0.4) is 0 Å². The van der Waals surface area contributed by atoms with Gasteiger partial charge >= 0.3 is 0 Å². The van der Waals surface area contributed by atoms with Gasteiger partial charge in [-0.25, -0.2) is 4.39 Å². The second-order valence-corrected chi connectivity index (χ2v) is 9.49. The SMILES string of the molecule is O=C1CCC[C@]2(CN(C(=O)c3ccccc3CN3CCCC3)C[C@H]2c2ccc(F)cc2)N1. The first-order valence-corrected chi connectivity index (χ1v) is 11.7. The lowest BCUT2D eigenvalue weighted by atomic mass is 9.76. The number of likely N-dealkylation sites (tertiary alicyclic amines) is 2. The van der Waals surface area contributed by atoms with E-state index in [4.69, 9.17) is 0 Å². The summed E-state index contributed by atoms with van der Waals surface area (Å²) in [5.74, 6) is -0.282. The number of carbonyl (C=O) groups is 2. The molecule has 0 bridgehead atoms. The summed E-state index contributed by atoms with van der Waals surface area (Å²) in [4.78, 5) is 30.4. The molecule has 0 unspecified atom stereocenters. The number of carbonyl (C=O) groups excluding carboxylic acids is 2. The lowest BCUT2D eigenvalue weighted by molar-refractivity contribution is -0.125. The van der Waals surface area contributed by atoms with Crippen molar-refractivity contribution in [3.63, 3.8) is 0 Å². The predicted octanol–water partition coefficient (Wildman–Crippen LogP) is 3.70. The van der Waals surface area contributed by atoms with Gasteiger partial charge in [0.2, 0.25) is 5.91 Å². The Labute approximate surface area is 188 Å². The van der Waals surface area contributed by atoms with Crippen LogP contribution in [0.4, 0.5) is 4.39 Å². The second kappa shape index (κ2) is 8.66. The van der Waals surface area contributed by atoms with Crippen molar-refractivity contribution >= 4 is 11.8 Å². The topological polar surface area (TPSA) is 52.7 Å². The van der Waals surface area contributed by atoms with E-state index < -0.39 is 5.54 Å². The maximum Gasteiger partial charge on any atom is 0.254 e. The van der Waals surface area contributed by atoms with Crippen LogP contribution in [-0.2, 0) is 11.3 Å². The average molecular weight is 436 g/mol. The summed E-state index contributed by atoms with van der Waals surface area (Å²) in [5.41, 5.74) is 2.28. The molecule has 1 N–H and O–H groups in total. The van der Waals surface area contributed by atoms with Crippen LogP contribution in [0.2, 0.25) is 0 Å².